The molecule has 2 N–H and O–H groups in total. The zero-order valence-corrected chi connectivity index (χ0v) is 28.9. The molecular weight excluding hydrogens is 680 g/mol. The van der Waals surface area contributed by atoms with E-state index in [0.717, 1.165) is 20.9 Å². The Morgan fingerprint density at radius 3 is 2.55 bits per heavy atom. The van der Waals surface area contributed by atoms with Crippen LogP contribution in [0.1, 0.15) is 36.8 Å². The molecule has 0 radical (unpaired) electrons. The fourth-order valence-corrected chi connectivity index (χ4v) is 8.27. The summed E-state index contributed by atoms with van der Waals surface area (Å²) >= 11 is 0. The highest BCUT2D eigenvalue weighted by Gasteiger charge is 2.34. The summed E-state index contributed by atoms with van der Waals surface area (Å²) in [4.78, 5) is 31.5. The van der Waals surface area contributed by atoms with Gasteiger partial charge in [-0.3, -0.25) is 9.36 Å². The number of allylic oxidation sites excluding steroid dienone is 1. The molecule has 4 heterocycles. The lowest BCUT2D eigenvalue weighted by atomic mass is 9.92. The summed E-state index contributed by atoms with van der Waals surface area (Å²) < 4.78 is 58.3. The van der Waals surface area contributed by atoms with Gasteiger partial charge in [0.05, 0.1) is 36.3 Å². The predicted molar refractivity (Wildman–Crippen MR) is 185 cm³/mol. The lowest BCUT2D eigenvalue weighted by Gasteiger charge is -2.35. The van der Waals surface area contributed by atoms with Crippen LogP contribution in [0.25, 0.3) is 11.0 Å². The van der Waals surface area contributed by atoms with E-state index in [1.54, 1.807) is 27.7 Å². The molecule has 7 rings (SSSR count). The standard InChI is InChI=1S/C36H40N4O10S/c1-46-27-7-9-28(10-8-27)51(44,45)39(16-18-41)17-19-47-34-22-25(24-6-11-31-32(20-24)49-23-48-31)21-33(50-34)35(42)38-14-12-26(13-15-38)40-30-5-3-2-4-29(30)37-36(40)43/h2-11,20-21,25-26,34,41H,12-19,22-23H2,1H3,(H,37,43)/t25-,34+/m0/s1. The molecule has 51 heavy (non-hydrogen) atoms. The van der Waals surface area contributed by atoms with Crippen molar-refractivity contribution in [2.45, 2.75) is 42.4 Å². The van der Waals surface area contributed by atoms with Gasteiger partial charge < -0.3 is 38.7 Å². The number of fused-ring (bicyclic) bond motifs is 2. The topological polar surface area (TPSA) is 162 Å². The van der Waals surface area contributed by atoms with Gasteiger partial charge in [0.1, 0.15) is 5.75 Å². The molecule has 14 nitrogen and oxygen atoms in total. The molecule has 15 heteroatoms. The number of methoxy groups -OCH3 is 1. The molecule has 4 aromatic rings. The van der Waals surface area contributed by atoms with Crippen molar-refractivity contribution >= 4 is 27.0 Å². The van der Waals surface area contributed by atoms with Gasteiger partial charge in [0.2, 0.25) is 23.1 Å². The predicted octanol–water partition coefficient (Wildman–Crippen LogP) is 3.34. The van der Waals surface area contributed by atoms with Crippen LogP contribution >= 0.6 is 0 Å². The third kappa shape index (κ3) is 7.19. The number of aliphatic hydroxyl groups excluding tert-OH is 1. The summed E-state index contributed by atoms with van der Waals surface area (Å²) in [5, 5.41) is 9.68. The summed E-state index contributed by atoms with van der Waals surface area (Å²) in [6, 6.07) is 19.1. The van der Waals surface area contributed by atoms with Crippen LogP contribution in [0.15, 0.2) is 88.3 Å². The zero-order valence-electron chi connectivity index (χ0n) is 28.1. The average Bonchev–Trinajstić information content (AvgIpc) is 3.77. The minimum atomic E-state index is -3.95. The monoisotopic (exact) mass is 720 g/mol. The number of aliphatic hydroxyl groups is 1. The Balaban J connectivity index is 1.06. The number of benzene rings is 3. The van der Waals surface area contributed by atoms with Crippen molar-refractivity contribution in [2.24, 2.45) is 0 Å². The van der Waals surface area contributed by atoms with Crippen molar-refractivity contribution in [2.75, 3.05) is 53.3 Å². The maximum Gasteiger partial charge on any atom is 0.326 e. The van der Waals surface area contributed by atoms with Crippen LogP contribution in [0.2, 0.25) is 0 Å². The molecule has 3 aromatic carbocycles. The molecule has 270 valence electrons. The molecule has 1 aromatic heterocycles. The first-order valence-corrected chi connectivity index (χ1v) is 18.3. The van der Waals surface area contributed by atoms with E-state index in [4.69, 9.17) is 23.7 Å². The van der Waals surface area contributed by atoms with E-state index in [0.29, 0.717) is 49.6 Å². The van der Waals surface area contributed by atoms with Crippen molar-refractivity contribution in [3.05, 3.63) is 94.6 Å². The first-order chi connectivity index (χ1) is 24.7. The number of aromatic amines is 1. The molecule has 1 saturated heterocycles. The van der Waals surface area contributed by atoms with Crippen LogP contribution in [0.3, 0.4) is 0 Å². The normalized spacial score (nSPS) is 19.3. The van der Waals surface area contributed by atoms with Crippen molar-refractivity contribution in [1.29, 1.82) is 0 Å². The first kappa shape index (κ1) is 34.6. The second-order valence-electron chi connectivity index (χ2n) is 12.5. The molecule has 3 aliphatic heterocycles. The van der Waals surface area contributed by atoms with Gasteiger partial charge in [-0.05, 0) is 73.0 Å². The SMILES string of the molecule is COc1ccc(S(=O)(=O)N(CCO)CCO[C@H]2C[C@@H](c3ccc4c(c3)OCO4)C=C(C(=O)N3CCC(n4c(=O)[nH]c5ccccc54)CC3)O2)cc1. The second-order valence-corrected chi connectivity index (χ2v) is 14.5. The second kappa shape index (κ2) is 14.8. The summed E-state index contributed by atoms with van der Waals surface area (Å²) in [5.41, 5.74) is 2.33. The third-order valence-corrected chi connectivity index (χ3v) is 11.4. The quantitative estimate of drug-likeness (QED) is 0.222. The van der Waals surface area contributed by atoms with Gasteiger partial charge in [0.25, 0.3) is 5.91 Å². The average molecular weight is 721 g/mol. The number of nitrogens with one attached hydrogen (secondary N) is 1. The number of rotatable bonds is 12. The Bertz CT molecular complexity index is 2070. The lowest BCUT2D eigenvalue weighted by Crippen LogP contribution is -2.43. The van der Waals surface area contributed by atoms with Gasteiger partial charge in [-0.25, -0.2) is 13.2 Å². The highest BCUT2D eigenvalue weighted by molar-refractivity contribution is 7.89. The molecule has 0 saturated carbocycles. The molecular formula is C36H40N4O10S. The molecule has 0 aliphatic carbocycles. The van der Waals surface area contributed by atoms with Crippen LogP contribution in [-0.4, -0.2) is 97.8 Å². The zero-order chi connectivity index (χ0) is 35.5. The van der Waals surface area contributed by atoms with Crippen molar-refractivity contribution in [3.63, 3.8) is 0 Å². The summed E-state index contributed by atoms with van der Waals surface area (Å²) in [6.45, 7) is 0.354. The number of hydrogen-bond donors (Lipinski definition) is 2. The number of hydrogen-bond acceptors (Lipinski definition) is 10. The molecule has 3 aliphatic rings. The number of piperidine rings is 1. The van der Waals surface area contributed by atoms with Gasteiger partial charge in [-0.1, -0.05) is 18.2 Å². The minimum absolute atomic E-state index is 0.0554. The van der Waals surface area contributed by atoms with Crippen LogP contribution in [-0.2, 0) is 24.3 Å². The van der Waals surface area contributed by atoms with E-state index in [-0.39, 0.29) is 67.3 Å². The number of imidazole rings is 1. The number of para-hydroxylation sites is 2. The van der Waals surface area contributed by atoms with E-state index < -0.39 is 16.3 Å². The van der Waals surface area contributed by atoms with Gasteiger partial charge in [0.15, 0.2) is 17.3 Å². The fraction of sp³-hybridized carbons (Fsp3) is 0.389. The number of sulfonamides is 1. The maximum atomic E-state index is 14.0. The molecule has 0 unspecified atom stereocenters. The fourth-order valence-electron chi connectivity index (χ4n) is 6.85. The minimum Gasteiger partial charge on any atom is -0.497 e. The van der Waals surface area contributed by atoms with Gasteiger partial charge in [-0.2, -0.15) is 4.31 Å². The third-order valence-electron chi connectivity index (χ3n) is 9.52. The maximum absolute atomic E-state index is 14.0. The Labute approximate surface area is 294 Å². The van der Waals surface area contributed by atoms with Crippen LogP contribution in [0.4, 0.5) is 0 Å². The number of amides is 1. The number of ether oxygens (including phenoxy) is 5. The summed E-state index contributed by atoms with van der Waals surface area (Å²) in [7, 11) is -2.45. The largest absolute Gasteiger partial charge is 0.497 e. The van der Waals surface area contributed by atoms with Crippen LogP contribution < -0.4 is 19.9 Å². The van der Waals surface area contributed by atoms with E-state index in [2.05, 4.69) is 4.98 Å². The Hall–Kier alpha value is -4.83. The molecule has 1 amide bonds. The molecule has 0 bridgehead atoms. The first-order valence-electron chi connectivity index (χ1n) is 16.9. The summed E-state index contributed by atoms with van der Waals surface area (Å²) in [5.74, 6) is 1.33. The van der Waals surface area contributed by atoms with Crippen LogP contribution in [0.5, 0.6) is 17.2 Å². The van der Waals surface area contributed by atoms with Gasteiger partial charge >= 0.3 is 5.69 Å². The van der Waals surface area contributed by atoms with E-state index in [1.165, 1.54) is 19.2 Å². The number of H-pyrrole nitrogens is 1. The van der Waals surface area contributed by atoms with E-state index in [9.17, 15) is 23.1 Å². The van der Waals surface area contributed by atoms with Crippen LogP contribution in [0, 0.1) is 0 Å². The molecule has 1 fully saturated rings. The lowest BCUT2D eigenvalue weighted by molar-refractivity contribution is -0.153. The molecule has 2 atom stereocenters. The number of nitrogens with zero attached hydrogens (tertiary/aromatic N) is 3. The van der Waals surface area contributed by atoms with Crippen molar-refractivity contribution in [1.82, 2.24) is 18.8 Å². The highest BCUT2D eigenvalue weighted by atomic mass is 32.2. The summed E-state index contributed by atoms with van der Waals surface area (Å²) in [6.07, 6.45) is 2.46. The molecule has 0 spiro atoms. The highest BCUT2D eigenvalue weighted by Crippen LogP contribution is 2.39. The number of aromatic nitrogens is 2. The number of carbonyl (C=O) groups excluding carboxylic acids is 1. The Morgan fingerprint density at radius 2 is 1.78 bits per heavy atom. The van der Waals surface area contributed by atoms with Crippen molar-refractivity contribution < 1.29 is 42.0 Å². The van der Waals surface area contributed by atoms with Gasteiger partial charge in [0, 0.05) is 44.6 Å². The number of carbonyl (C=O) groups is 1. The van der Waals surface area contributed by atoms with Gasteiger partial charge in [-0.15, -0.1) is 0 Å². The number of likely N-dealkylation sites (tertiary alicyclic amines) is 1. The Morgan fingerprint density at radius 1 is 1.02 bits per heavy atom. The Kier molecular flexibility index (Phi) is 10.0. The van der Waals surface area contributed by atoms with Crippen molar-refractivity contribution in [3.8, 4) is 17.2 Å². The van der Waals surface area contributed by atoms with E-state index >= 15 is 0 Å². The van der Waals surface area contributed by atoms with E-state index in [1.807, 2.05) is 42.5 Å². The smallest absolute Gasteiger partial charge is 0.326 e.